The Morgan fingerprint density at radius 1 is 1.69 bits per heavy atom. The van der Waals surface area contributed by atoms with Crippen LogP contribution in [-0.4, -0.2) is 28.7 Å². The molecule has 0 aromatic carbocycles. The van der Waals surface area contributed by atoms with E-state index in [9.17, 15) is 4.79 Å². The number of aliphatic hydroxyl groups is 1. The first kappa shape index (κ1) is 12.3. The van der Waals surface area contributed by atoms with Gasteiger partial charge in [-0.15, -0.1) is 11.6 Å². The van der Waals surface area contributed by atoms with Gasteiger partial charge in [0, 0.05) is 6.92 Å². The smallest absolute Gasteiger partial charge is 0.304 e. The zero-order valence-electron chi connectivity index (χ0n) is 7.93. The second-order valence-electron chi connectivity index (χ2n) is 3.02. The van der Waals surface area contributed by atoms with E-state index < -0.39 is 16.9 Å². The Morgan fingerprint density at radius 3 is 2.62 bits per heavy atom. The number of rotatable bonds is 2. The zero-order valence-corrected chi connectivity index (χ0v) is 8.68. The fraction of sp³-hybridized carbons (Fsp3) is 0.667. The first-order chi connectivity index (χ1) is 5.87. The molecule has 0 aromatic rings. The number of alkyl halides is 1. The van der Waals surface area contributed by atoms with Crippen molar-refractivity contribution in [1.82, 2.24) is 0 Å². The van der Waals surface area contributed by atoms with Crippen LogP contribution in [0.5, 0.6) is 0 Å². The normalized spacial score (nSPS) is 12.7. The predicted octanol–water partition coefficient (Wildman–Crippen LogP) is 0.931. The van der Waals surface area contributed by atoms with E-state index in [2.05, 4.69) is 11.8 Å². The maximum Gasteiger partial charge on any atom is 0.304 e. The van der Waals surface area contributed by atoms with Gasteiger partial charge < -0.3 is 9.84 Å². The summed E-state index contributed by atoms with van der Waals surface area (Å²) in [6.07, 6.45) is 0. The molecule has 0 saturated carbocycles. The Balaban J connectivity index is 4.27. The molecule has 1 atom stereocenters. The predicted molar refractivity (Wildman–Crippen MR) is 50.3 cm³/mol. The Hall–Kier alpha value is -0.720. The first-order valence-corrected chi connectivity index (χ1v) is 4.28. The topological polar surface area (TPSA) is 46.5 Å². The lowest BCUT2D eigenvalue weighted by molar-refractivity contribution is -0.148. The third-order valence-electron chi connectivity index (χ3n) is 1.09. The van der Waals surface area contributed by atoms with E-state index >= 15 is 0 Å². The van der Waals surface area contributed by atoms with Crippen molar-refractivity contribution >= 4 is 17.6 Å². The van der Waals surface area contributed by atoms with E-state index in [1.54, 1.807) is 13.8 Å². The van der Waals surface area contributed by atoms with Crippen molar-refractivity contribution in [2.45, 2.75) is 31.7 Å². The molecule has 0 spiro atoms. The number of hydrogen-bond acceptors (Lipinski definition) is 3. The molecule has 13 heavy (non-hydrogen) atoms. The van der Waals surface area contributed by atoms with Gasteiger partial charge in [-0.1, -0.05) is 11.8 Å². The fourth-order valence-electron chi connectivity index (χ4n) is 0.683. The zero-order chi connectivity index (χ0) is 10.5. The van der Waals surface area contributed by atoms with Crippen LogP contribution < -0.4 is 0 Å². The van der Waals surface area contributed by atoms with E-state index in [1.165, 1.54) is 6.92 Å². The molecule has 0 heterocycles. The lowest BCUT2D eigenvalue weighted by atomic mass is 10.1. The second kappa shape index (κ2) is 5.11. The minimum atomic E-state index is -0.853. The van der Waals surface area contributed by atoms with Crippen LogP contribution >= 0.6 is 11.6 Å². The van der Waals surface area contributed by atoms with Gasteiger partial charge in [-0.2, -0.15) is 0 Å². The summed E-state index contributed by atoms with van der Waals surface area (Å²) in [4.78, 5) is 10.6. The third-order valence-corrected chi connectivity index (χ3v) is 1.34. The van der Waals surface area contributed by atoms with E-state index in [4.69, 9.17) is 21.4 Å². The molecule has 4 heteroatoms. The highest BCUT2D eigenvalue weighted by Crippen LogP contribution is 2.07. The van der Waals surface area contributed by atoms with Gasteiger partial charge in [0.05, 0.1) is 6.61 Å². The number of carbonyl (C=O) groups excluding carboxylic acids is 1. The monoisotopic (exact) mass is 204 g/mol. The van der Waals surface area contributed by atoms with Gasteiger partial charge in [-0.3, -0.25) is 4.79 Å². The second-order valence-corrected chi connectivity index (χ2v) is 3.55. The molecule has 0 fully saturated rings. The third kappa shape index (κ3) is 6.44. The van der Waals surface area contributed by atoms with E-state index in [-0.39, 0.29) is 6.61 Å². The number of halogens is 1. The fourth-order valence-corrected chi connectivity index (χ4v) is 0.737. The van der Waals surface area contributed by atoms with Crippen LogP contribution in [0.25, 0.3) is 0 Å². The highest BCUT2D eigenvalue weighted by Gasteiger charge is 2.17. The summed E-state index contributed by atoms with van der Waals surface area (Å²) < 4.78 is 4.88. The van der Waals surface area contributed by atoms with Gasteiger partial charge in [0.2, 0.25) is 0 Å². The van der Waals surface area contributed by atoms with Gasteiger partial charge in [0.25, 0.3) is 0 Å². The molecule has 1 unspecified atom stereocenters. The molecule has 74 valence electrons. The molecule has 0 aromatic heterocycles. The van der Waals surface area contributed by atoms with Crippen molar-refractivity contribution in [1.29, 1.82) is 0 Å². The minimum absolute atomic E-state index is 0.218. The van der Waals surface area contributed by atoms with Crippen LogP contribution in [0, 0.1) is 11.8 Å². The van der Waals surface area contributed by atoms with Crippen LogP contribution in [0.4, 0.5) is 0 Å². The Labute approximate surface area is 83.0 Å². The van der Waals surface area contributed by atoms with Gasteiger partial charge in [0.1, 0.15) is 5.38 Å². The molecule has 0 bridgehead atoms. The maximum atomic E-state index is 10.6. The molecule has 0 amide bonds. The summed E-state index contributed by atoms with van der Waals surface area (Å²) in [7, 11) is 0. The van der Waals surface area contributed by atoms with Crippen LogP contribution in [0.1, 0.15) is 20.8 Å². The molecule has 0 radical (unpaired) electrons. The number of aliphatic hydroxyl groups excluding tert-OH is 1. The molecular weight excluding hydrogens is 192 g/mol. The van der Waals surface area contributed by atoms with Crippen LogP contribution in [0.2, 0.25) is 0 Å². The van der Waals surface area contributed by atoms with Crippen molar-refractivity contribution in [3.8, 4) is 11.8 Å². The first-order valence-electron chi connectivity index (χ1n) is 3.84. The standard InChI is InChI=1S/C9H13ClO3/c1-7(12)13-9(2,3)5-4-8(10)6-11/h8,11H,6H2,1-3H3. The molecule has 0 saturated heterocycles. The Kier molecular flexibility index (Phi) is 4.82. The molecule has 3 nitrogen and oxygen atoms in total. The molecule has 0 rings (SSSR count). The quantitative estimate of drug-likeness (QED) is 0.414. The van der Waals surface area contributed by atoms with Crippen LogP contribution in [0.3, 0.4) is 0 Å². The maximum absolute atomic E-state index is 10.6. The number of carbonyl (C=O) groups is 1. The minimum Gasteiger partial charge on any atom is -0.447 e. The molecule has 0 aliphatic heterocycles. The van der Waals surface area contributed by atoms with Crippen molar-refractivity contribution < 1.29 is 14.6 Å². The van der Waals surface area contributed by atoms with Gasteiger partial charge in [-0.25, -0.2) is 0 Å². The van der Waals surface area contributed by atoms with Crippen molar-refractivity contribution in [3.05, 3.63) is 0 Å². The SMILES string of the molecule is CC(=O)OC(C)(C)C#CC(Cl)CO. The Morgan fingerprint density at radius 2 is 2.23 bits per heavy atom. The lowest BCUT2D eigenvalue weighted by Crippen LogP contribution is -2.25. The number of esters is 1. The number of ether oxygens (including phenoxy) is 1. The Bertz CT molecular complexity index is 237. The molecule has 0 aliphatic carbocycles. The summed E-state index contributed by atoms with van der Waals surface area (Å²) in [6.45, 7) is 4.41. The van der Waals surface area contributed by atoms with Gasteiger partial charge in [-0.05, 0) is 13.8 Å². The molecular formula is C9H13ClO3. The van der Waals surface area contributed by atoms with Crippen molar-refractivity contribution in [2.75, 3.05) is 6.61 Å². The van der Waals surface area contributed by atoms with Gasteiger partial charge >= 0.3 is 5.97 Å². The summed E-state index contributed by atoms with van der Waals surface area (Å²) in [5.41, 5.74) is -0.853. The van der Waals surface area contributed by atoms with E-state index in [0.29, 0.717) is 0 Å². The lowest BCUT2D eigenvalue weighted by Gasteiger charge is -2.17. The van der Waals surface area contributed by atoms with Crippen molar-refractivity contribution in [2.24, 2.45) is 0 Å². The summed E-state index contributed by atoms with van der Waals surface area (Å²) in [5, 5.41) is 7.96. The van der Waals surface area contributed by atoms with Gasteiger partial charge in [0.15, 0.2) is 5.60 Å². The summed E-state index contributed by atoms with van der Waals surface area (Å²) in [6, 6.07) is 0. The average molecular weight is 205 g/mol. The summed E-state index contributed by atoms with van der Waals surface area (Å²) >= 11 is 5.54. The summed E-state index contributed by atoms with van der Waals surface area (Å²) in [5.74, 6) is 4.83. The largest absolute Gasteiger partial charge is 0.447 e. The average Bonchev–Trinajstić information content (AvgIpc) is 1.98. The number of hydrogen-bond donors (Lipinski definition) is 1. The van der Waals surface area contributed by atoms with Crippen molar-refractivity contribution in [3.63, 3.8) is 0 Å². The highest BCUT2D eigenvalue weighted by molar-refractivity contribution is 6.22. The van der Waals surface area contributed by atoms with Crippen LogP contribution in [0.15, 0.2) is 0 Å². The highest BCUT2D eigenvalue weighted by atomic mass is 35.5. The molecule has 1 N–H and O–H groups in total. The van der Waals surface area contributed by atoms with Crippen LogP contribution in [-0.2, 0) is 9.53 Å². The van der Waals surface area contributed by atoms with E-state index in [0.717, 1.165) is 0 Å². The molecule has 0 aliphatic rings. The van der Waals surface area contributed by atoms with E-state index in [1.807, 2.05) is 0 Å².